The van der Waals surface area contributed by atoms with Gasteiger partial charge in [-0.3, -0.25) is 4.90 Å². The summed E-state index contributed by atoms with van der Waals surface area (Å²) in [6.07, 6.45) is 3.56. The number of hydrogen-bond acceptors (Lipinski definition) is 7. The molecule has 7 nitrogen and oxygen atoms in total. The monoisotopic (exact) mass is 336 g/mol. The van der Waals surface area contributed by atoms with Crippen molar-refractivity contribution in [3.8, 4) is 11.5 Å². The van der Waals surface area contributed by atoms with Crippen LogP contribution in [0.25, 0.3) is 11.5 Å². The van der Waals surface area contributed by atoms with Crippen LogP contribution in [0.1, 0.15) is 11.4 Å². The molecule has 7 heteroatoms. The van der Waals surface area contributed by atoms with Crippen LogP contribution in [0.3, 0.4) is 0 Å². The molecule has 1 aliphatic heterocycles. The average Bonchev–Trinajstić information content (AvgIpc) is 3.12. The lowest BCUT2D eigenvalue weighted by Crippen LogP contribution is -2.46. The topological polar surface area (TPSA) is 71.2 Å². The van der Waals surface area contributed by atoms with Gasteiger partial charge in [0, 0.05) is 44.1 Å². The van der Waals surface area contributed by atoms with Gasteiger partial charge in [0.15, 0.2) is 5.82 Å². The minimum Gasteiger partial charge on any atom is -0.338 e. The van der Waals surface area contributed by atoms with Gasteiger partial charge in [-0.2, -0.15) is 4.98 Å². The van der Waals surface area contributed by atoms with Gasteiger partial charge >= 0.3 is 0 Å². The van der Waals surface area contributed by atoms with Crippen LogP contribution < -0.4 is 4.90 Å². The Kier molecular flexibility index (Phi) is 4.39. The maximum Gasteiger partial charge on any atom is 0.257 e. The highest BCUT2D eigenvalue weighted by Crippen LogP contribution is 2.19. The highest BCUT2D eigenvalue weighted by Gasteiger charge is 2.20. The van der Waals surface area contributed by atoms with Crippen LogP contribution in [0.15, 0.2) is 47.2 Å². The highest BCUT2D eigenvalue weighted by molar-refractivity contribution is 5.53. The zero-order valence-corrected chi connectivity index (χ0v) is 14.2. The van der Waals surface area contributed by atoms with E-state index in [0.29, 0.717) is 12.4 Å². The fourth-order valence-electron chi connectivity index (χ4n) is 2.97. The Labute approximate surface area is 146 Å². The third-order valence-corrected chi connectivity index (χ3v) is 4.31. The third kappa shape index (κ3) is 3.66. The van der Waals surface area contributed by atoms with E-state index in [4.69, 9.17) is 4.52 Å². The number of anilines is 1. The molecule has 4 rings (SSSR count). The van der Waals surface area contributed by atoms with Crippen LogP contribution in [-0.2, 0) is 6.54 Å². The summed E-state index contributed by atoms with van der Waals surface area (Å²) in [5, 5.41) is 4.13. The lowest BCUT2D eigenvalue weighted by atomic mass is 10.1. The number of rotatable bonds is 4. The number of aromatic nitrogens is 4. The maximum atomic E-state index is 5.42. The lowest BCUT2D eigenvalue weighted by molar-refractivity contribution is 0.239. The van der Waals surface area contributed by atoms with E-state index < -0.39 is 0 Å². The highest BCUT2D eigenvalue weighted by atomic mass is 16.5. The fourth-order valence-corrected chi connectivity index (χ4v) is 2.97. The van der Waals surface area contributed by atoms with E-state index in [0.717, 1.165) is 43.5 Å². The van der Waals surface area contributed by atoms with Gasteiger partial charge in [-0.25, -0.2) is 9.97 Å². The third-order valence-electron chi connectivity index (χ3n) is 4.31. The molecule has 128 valence electrons. The van der Waals surface area contributed by atoms with Crippen molar-refractivity contribution in [2.45, 2.75) is 13.5 Å². The Bertz CT molecular complexity index is 826. The molecule has 0 amide bonds. The second-order valence-electron chi connectivity index (χ2n) is 6.20. The quantitative estimate of drug-likeness (QED) is 0.723. The largest absolute Gasteiger partial charge is 0.338 e. The summed E-state index contributed by atoms with van der Waals surface area (Å²) in [4.78, 5) is 17.7. The Morgan fingerprint density at radius 3 is 2.60 bits per heavy atom. The van der Waals surface area contributed by atoms with Crippen molar-refractivity contribution in [1.29, 1.82) is 0 Å². The number of aryl methyl sites for hydroxylation is 1. The van der Waals surface area contributed by atoms with Gasteiger partial charge in [-0.05, 0) is 25.1 Å². The standard InChI is InChI=1S/C18H20N6O/c1-14-4-2-5-15(12-14)17-21-16(22-25-17)13-23-8-10-24(11-9-23)18-19-6-3-7-20-18/h2-7,12H,8-11,13H2,1H3. The summed E-state index contributed by atoms with van der Waals surface area (Å²) < 4.78 is 5.42. The first kappa shape index (κ1) is 15.7. The molecule has 0 bridgehead atoms. The zero-order chi connectivity index (χ0) is 17.1. The van der Waals surface area contributed by atoms with Crippen molar-refractivity contribution in [1.82, 2.24) is 25.0 Å². The maximum absolute atomic E-state index is 5.42. The molecular formula is C18H20N6O. The molecule has 1 saturated heterocycles. The van der Waals surface area contributed by atoms with E-state index >= 15 is 0 Å². The second kappa shape index (κ2) is 6.98. The minimum atomic E-state index is 0.579. The van der Waals surface area contributed by atoms with Crippen molar-refractivity contribution < 1.29 is 4.52 Å². The molecule has 3 aromatic rings. The van der Waals surface area contributed by atoms with Crippen LogP contribution in [0.2, 0.25) is 0 Å². The fraction of sp³-hybridized carbons (Fsp3) is 0.333. The molecule has 25 heavy (non-hydrogen) atoms. The summed E-state index contributed by atoms with van der Waals surface area (Å²) in [5.74, 6) is 2.10. The van der Waals surface area contributed by atoms with Crippen molar-refractivity contribution in [3.63, 3.8) is 0 Å². The molecule has 0 N–H and O–H groups in total. The second-order valence-corrected chi connectivity index (χ2v) is 6.20. The molecule has 1 aliphatic rings. The van der Waals surface area contributed by atoms with Crippen molar-refractivity contribution >= 4 is 5.95 Å². The molecule has 0 spiro atoms. The molecule has 0 radical (unpaired) electrons. The first-order chi connectivity index (χ1) is 12.3. The molecule has 2 aromatic heterocycles. The first-order valence-corrected chi connectivity index (χ1v) is 8.42. The van der Waals surface area contributed by atoms with Crippen LogP contribution in [0.5, 0.6) is 0 Å². The van der Waals surface area contributed by atoms with E-state index in [1.165, 1.54) is 5.56 Å². The van der Waals surface area contributed by atoms with Crippen LogP contribution in [0.4, 0.5) is 5.95 Å². The van der Waals surface area contributed by atoms with Gasteiger partial charge in [0.1, 0.15) is 0 Å². The molecule has 0 unspecified atom stereocenters. The van der Waals surface area contributed by atoms with Gasteiger partial charge in [-0.15, -0.1) is 0 Å². The summed E-state index contributed by atoms with van der Waals surface area (Å²) in [6, 6.07) is 9.93. The van der Waals surface area contributed by atoms with E-state index in [2.05, 4.69) is 49.0 Å². The van der Waals surface area contributed by atoms with Gasteiger partial charge in [-0.1, -0.05) is 22.9 Å². The van der Waals surface area contributed by atoms with Crippen LogP contribution in [-0.4, -0.2) is 51.2 Å². The number of hydrogen-bond donors (Lipinski definition) is 0. The molecule has 1 aromatic carbocycles. The van der Waals surface area contributed by atoms with E-state index in [1.54, 1.807) is 12.4 Å². The van der Waals surface area contributed by atoms with Crippen LogP contribution >= 0.6 is 0 Å². The Morgan fingerprint density at radius 2 is 1.84 bits per heavy atom. The average molecular weight is 336 g/mol. The summed E-state index contributed by atoms with van der Waals surface area (Å²) >= 11 is 0. The predicted octanol–water partition coefficient (Wildman–Crippen LogP) is 2.16. The molecule has 3 heterocycles. The van der Waals surface area contributed by atoms with E-state index in [-0.39, 0.29) is 0 Å². The van der Waals surface area contributed by atoms with Crippen molar-refractivity contribution in [2.75, 3.05) is 31.1 Å². The summed E-state index contributed by atoms with van der Waals surface area (Å²) in [7, 11) is 0. The van der Waals surface area contributed by atoms with Gasteiger partial charge in [0.05, 0.1) is 6.54 Å². The molecule has 0 aliphatic carbocycles. The van der Waals surface area contributed by atoms with Gasteiger partial charge in [0.25, 0.3) is 5.89 Å². The van der Waals surface area contributed by atoms with Crippen LogP contribution in [0, 0.1) is 6.92 Å². The summed E-state index contributed by atoms with van der Waals surface area (Å²) in [6.45, 7) is 6.38. The molecule has 1 fully saturated rings. The Hall–Kier alpha value is -2.80. The zero-order valence-electron chi connectivity index (χ0n) is 14.2. The van der Waals surface area contributed by atoms with E-state index in [1.807, 2.05) is 18.2 Å². The number of nitrogens with zero attached hydrogens (tertiary/aromatic N) is 6. The predicted molar refractivity (Wildman–Crippen MR) is 94.0 cm³/mol. The van der Waals surface area contributed by atoms with Crippen molar-refractivity contribution in [2.24, 2.45) is 0 Å². The first-order valence-electron chi connectivity index (χ1n) is 8.42. The lowest BCUT2D eigenvalue weighted by Gasteiger charge is -2.33. The van der Waals surface area contributed by atoms with E-state index in [9.17, 15) is 0 Å². The number of piperazine rings is 1. The van der Waals surface area contributed by atoms with Gasteiger partial charge < -0.3 is 9.42 Å². The molecule has 0 saturated carbocycles. The SMILES string of the molecule is Cc1cccc(-c2nc(CN3CCN(c4ncccn4)CC3)no2)c1. The minimum absolute atomic E-state index is 0.579. The Balaban J connectivity index is 1.36. The van der Waals surface area contributed by atoms with Crippen molar-refractivity contribution in [3.05, 3.63) is 54.1 Å². The number of benzene rings is 1. The Morgan fingerprint density at radius 1 is 1.04 bits per heavy atom. The normalized spacial score (nSPS) is 15.5. The van der Waals surface area contributed by atoms with Gasteiger partial charge in [0.2, 0.25) is 5.95 Å². The summed E-state index contributed by atoms with van der Waals surface area (Å²) in [5.41, 5.74) is 2.14. The molecule has 0 atom stereocenters. The smallest absolute Gasteiger partial charge is 0.257 e. The molecular weight excluding hydrogens is 316 g/mol.